The molecule has 1 saturated carbocycles. The van der Waals surface area contributed by atoms with Crippen molar-refractivity contribution in [3.63, 3.8) is 0 Å². The van der Waals surface area contributed by atoms with Gasteiger partial charge < -0.3 is 5.73 Å². The third-order valence-electron chi connectivity index (χ3n) is 3.39. The number of rotatable bonds is 4. The molecule has 1 aromatic rings. The van der Waals surface area contributed by atoms with Gasteiger partial charge in [-0.25, -0.2) is 8.42 Å². The van der Waals surface area contributed by atoms with Crippen molar-refractivity contribution < 1.29 is 8.42 Å². The van der Waals surface area contributed by atoms with Crippen LogP contribution in [0.2, 0.25) is 0 Å². The molecule has 4 heteroatoms. The highest BCUT2D eigenvalue weighted by Crippen LogP contribution is 2.27. The van der Waals surface area contributed by atoms with Crippen molar-refractivity contribution in [3.05, 3.63) is 29.8 Å². The second-order valence-electron chi connectivity index (χ2n) is 4.90. The lowest BCUT2D eigenvalue weighted by molar-refractivity contribution is 0.558. The molecule has 0 saturated heterocycles. The van der Waals surface area contributed by atoms with E-state index >= 15 is 0 Å². The summed E-state index contributed by atoms with van der Waals surface area (Å²) in [5.74, 6) is 0.766. The molecule has 0 heterocycles. The lowest BCUT2D eigenvalue weighted by Gasteiger charge is -2.11. The Bertz CT molecular complexity index is 476. The molecule has 0 amide bonds. The minimum absolute atomic E-state index is 0.0795. The number of hydrogen-bond acceptors (Lipinski definition) is 3. The van der Waals surface area contributed by atoms with Crippen LogP contribution in [0.3, 0.4) is 0 Å². The monoisotopic (exact) mass is 253 g/mol. The highest BCUT2D eigenvalue weighted by atomic mass is 32.2. The van der Waals surface area contributed by atoms with E-state index in [9.17, 15) is 8.42 Å². The van der Waals surface area contributed by atoms with Crippen molar-refractivity contribution in [3.8, 4) is 0 Å². The summed E-state index contributed by atoms with van der Waals surface area (Å²) < 4.78 is 24.1. The molecule has 0 aromatic heterocycles. The van der Waals surface area contributed by atoms with Crippen LogP contribution in [0.5, 0.6) is 0 Å². The minimum atomic E-state index is -3.02. The molecule has 0 radical (unpaired) electrons. The molecule has 0 bridgehead atoms. The Morgan fingerprint density at radius 3 is 2.47 bits per heavy atom. The quantitative estimate of drug-likeness (QED) is 0.838. The predicted octanol–water partition coefficient (Wildman–Crippen LogP) is 2.37. The van der Waals surface area contributed by atoms with Crippen molar-refractivity contribution in [1.82, 2.24) is 0 Å². The van der Waals surface area contributed by atoms with Gasteiger partial charge in [-0.05, 0) is 30.4 Å². The van der Waals surface area contributed by atoms with Crippen LogP contribution in [-0.2, 0) is 15.6 Å². The van der Waals surface area contributed by atoms with Crippen LogP contribution in [0.4, 0.5) is 5.69 Å². The molecule has 0 spiro atoms. The van der Waals surface area contributed by atoms with Crippen LogP contribution in [-0.4, -0.2) is 14.2 Å². The van der Waals surface area contributed by atoms with E-state index in [2.05, 4.69) is 0 Å². The molecule has 2 rings (SSSR count). The number of nitrogen functional groups attached to an aromatic ring is 1. The minimum Gasteiger partial charge on any atom is -0.398 e. The number of benzene rings is 1. The first-order valence-corrected chi connectivity index (χ1v) is 7.93. The lowest BCUT2D eigenvalue weighted by atomic mass is 10.1. The van der Waals surface area contributed by atoms with Gasteiger partial charge in [0.25, 0.3) is 0 Å². The van der Waals surface area contributed by atoms with Crippen LogP contribution in [0.25, 0.3) is 0 Å². The number of anilines is 1. The fourth-order valence-corrected chi connectivity index (χ4v) is 4.40. The van der Waals surface area contributed by atoms with E-state index in [4.69, 9.17) is 5.73 Å². The Hall–Kier alpha value is -1.03. The molecule has 94 valence electrons. The van der Waals surface area contributed by atoms with Gasteiger partial charge in [0.15, 0.2) is 9.84 Å². The summed E-state index contributed by atoms with van der Waals surface area (Å²) in [4.78, 5) is 0. The fraction of sp³-hybridized carbons (Fsp3) is 0.538. The zero-order valence-electron chi connectivity index (χ0n) is 9.93. The standard InChI is InChI=1S/C13H19NO2S/c14-13-8-4-3-7-12(13)10-17(15,16)9-11-5-1-2-6-11/h3-4,7-8,11H,1-2,5-6,9-10,14H2. The summed E-state index contributed by atoms with van der Waals surface area (Å²) in [5.41, 5.74) is 7.07. The molecule has 0 atom stereocenters. The molecule has 1 fully saturated rings. The summed E-state index contributed by atoms with van der Waals surface area (Å²) in [6.45, 7) is 0. The van der Waals surface area contributed by atoms with Gasteiger partial charge in [0.05, 0.1) is 11.5 Å². The molecule has 0 aliphatic heterocycles. The Morgan fingerprint density at radius 1 is 1.18 bits per heavy atom. The van der Waals surface area contributed by atoms with Gasteiger partial charge in [0, 0.05) is 5.69 Å². The average molecular weight is 253 g/mol. The smallest absolute Gasteiger partial charge is 0.154 e. The first kappa shape index (κ1) is 12.4. The summed E-state index contributed by atoms with van der Waals surface area (Å²) in [6, 6.07) is 7.20. The van der Waals surface area contributed by atoms with E-state index in [1.54, 1.807) is 12.1 Å². The molecule has 1 aliphatic rings. The maximum atomic E-state index is 12.1. The maximum Gasteiger partial charge on any atom is 0.154 e. The molecular weight excluding hydrogens is 234 g/mol. The maximum absolute atomic E-state index is 12.1. The van der Waals surface area contributed by atoms with E-state index in [1.807, 2.05) is 12.1 Å². The van der Waals surface area contributed by atoms with Gasteiger partial charge in [-0.2, -0.15) is 0 Å². The van der Waals surface area contributed by atoms with Crippen molar-refractivity contribution >= 4 is 15.5 Å². The lowest BCUT2D eigenvalue weighted by Crippen LogP contribution is -2.16. The van der Waals surface area contributed by atoms with Crippen LogP contribution < -0.4 is 5.73 Å². The number of nitrogens with two attached hydrogens (primary N) is 1. The second-order valence-corrected chi connectivity index (χ2v) is 7.01. The number of hydrogen-bond donors (Lipinski definition) is 1. The van der Waals surface area contributed by atoms with Gasteiger partial charge in [-0.3, -0.25) is 0 Å². The molecular formula is C13H19NO2S. The third kappa shape index (κ3) is 3.46. The molecule has 17 heavy (non-hydrogen) atoms. The molecule has 2 N–H and O–H groups in total. The van der Waals surface area contributed by atoms with Crippen LogP contribution >= 0.6 is 0 Å². The topological polar surface area (TPSA) is 60.2 Å². The van der Waals surface area contributed by atoms with E-state index < -0.39 is 9.84 Å². The zero-order chi connectivity index (χ0) is 12.3. The van der Waals surface area contributed by atoms with Gasteiger partial charge in [-0.1, -0.05) is 31.0 Å². The van der Waals surface area contributed by atoms with E-state index in [-0.39, 0.29) is 5.75 Å². The Balaban J connectivity index is 2.04. The Labute approximate surface area is 103 Å². The first-order valence-electron chi connectivity index (χ1n) is 6.11. The predicted molar refractivity (Wildman–Crippen MR) is 70.3 cm³/mol. The summed E-state index contributed by atoms with van der Waals surface area (Å²) in [7, 11) is -3.02. The summed E-state index contributed by atoms with van der Waals surface area (Å²) >= 11 is 0. The molecule has 1 aliphatic carbocycles. The third-order valence-corrected chi connectivity index (χ3v) is 5.12. The first-order chi connectivity index (χ1) is 8.07. The van der Waals surface area contributed by atoms with E-state index in [0.717, 1.165) is 18.4 Å². The van der Waals surface area contributed by atoms with Gasteiger partial charge in [0.1, 0.15) is 0 Å². The van der Waals surface area contributed by atoms with E-state index in [1.165, 1.54) is 12.8 Å². The normalized spacial score (nSPS) is 17.4. The van der Waals surface area contributed by atoms with Gasteiger partial charge in [-0.15, -0.1) is 0 Å². The van der Waals surface area contributed by atoms with Crippen molar-refractivity contribution in [2.24, 2.45) is 5.92 Å². The van der Waals surface area contributed by atoms with E-state index in [0.29, 0.717) is 17.4 Å². The molecule has 1 aromatic carbocycles. The van der Waals surface area contributed by atoms with Crippen LogP contribution in [0.15, 0.2) is 24.3 Å². The van der Waals surface area contributed by atoms with Gasteiger partial charge >= 0.3 is 0 Å². The van der Waals surface area contributed by atoms with Crippen molar-refractivity contribution in [1.29, 1.82) is 0 Å². The van der Waals surface area contributed by atoms with Gasteiger partial charge in [0.2, 0.25) is 0 Å². The summed E-state index contributed by atoms with van der Waals surface area (Å²) in [5, 5.41) is 0. The summed E-state index contributed by atoms with van der Waals surface area (Å²) in [6.07, 6.45) is 4.47. The average Bonchev–Trinajstić information content (AvgIpc) is 2.73. The number of sulfone groups is 1. The fourth-order valence-electron chi connectivity index (χ4n) is 2.50. The SMILES string of the molecule is Nc1ccccc1CS(=O)(=O)CC1CCCC1. The largest absolute Gasteiger partial charge is 0.398 e. The van der Waals surface area contributed by atoms with Crippen molar-refractivity contribution in [2.75, 3.05) is 11.5 Å². The molecule has 0 unspecified atom stereocenters. The van der Waals surface area contributed by atoms with Crippen molar-refractivity contribution in [2.45, 2.75) is 31.4 Å². The highest BCUT2D eigenvalue weighted by Gasteiger charge is 2.23. The second kappa shape index (κ2) is 5.08. The van der Waals surface area contributed by atoms with Crippen LogP contribution in [0, 0.1) is 5.92 Å². The van der Waals surface area contributed by atoms with Crippen LogP contribution in [0.1, 0.15) is 31.2 Å². The Morgan fingerprint density at radius 2 is 1.82 bits per heavy atom. The number of para-hydroxylation sites is 1. The molecule has 3 nitrogen and oxygen atoms in total. The Kier molecular flexibility index (Phi) is 3.72. The highest BCUT2D eigenvalue weighted by molar-refractivity contribution is 7.90. The zero-order valence-corrected chi connectivity index (χ0v) is 10.7.